The molecule has 2 aromatic rings. The number of thiophene rings is 1. The minimum Gasteiger partial charge on any atom is -0.462 e. The van der Waals surface area contributed by atoms with E-state index in [0.29, 0.717) is 11.3 Å². The molecule has 1 aromatic carbocycles. The van der Waals surface area contributed by atoms with Crippen LogP contribution in [-0.2, 0) is 10.9 Å². The second-order valence-electron chi connectivity index (χ2n) is 4.77. The van der Waals surface area contributed by atoms with Gasteiger partial charge in [-0.3, -0.25) is 4.79 Å². The molecule has 0 aliphatic rings. The number of rotatable bonds is 6. The number of hydrogen-bond acceptors (Lipinski definition) is 4. The summed E-state index contributed by atoms with van der Waals surface area (Å²) in [7, 11) is 0. The summed E-state index contributed by atoms with van der Waals surface area (Å²) in [6.07, 6.45) is -4.32. The molecule has 0 spiro atoms. The van der Waals surface area contributed by atoms with Crippen LogP contribution in [0.2, 0.25) is 0 Å². The summed E-state index contributed by atoms with van der Waals surface area (Å²) < 4.78 is 43.3. The number of alkyl halides is 3. The van der Waals surface area contributed by atoms with Gasteiger partial charge in [-0.15, -0.1) is 11.3 Å². The molecule has 2 rings (SSSR count). The molecule has 0 fully saturated rings. The Kier molecular flexibility index (Phi) is 5.97. The summed E-state index contributed by atoms with van der Waals surface area (Å²) >= 11 is 1.30. The minimum atomic E-state index is -4.62. The number of hydrogen-bond donors (Lipinski definition) is 1. The van der Waals surface area contributed by atoms with Crippen molar-refractivity contribution in [2.75, 3.05) is 13.2 Å². The minimum absolute atomic E-state index is 0.0876. The Hall–Kier alpha value is -2.35. The number of carbonyl (C=O) groups is 2. The molecule has 0 radical (unpaired) electrons. The van der Waals surface area contributed by atoms with E-state index >= 15 is 0 Å². The zero-order valence-electron chi connectivity index (χ0n) is 12.4. The van der Waals surface area contributed by atoms with Crippen LogP contribution in [0, 0.1) is 0 Å². The SMILES string of the molecule is O=C(NCCCOC(=O)c1ccccc1C(F)(F)F)c1cccs1. The van der Waals surface area contributed by atoms with Crippen LogP contribution in [0.15, 0.2) is 41.8 Å². The predicted octanol–water partition coefficient (Wildman–Crippen LogP) is 3.74. The predicted molar refractivity (Wildman–Crippen MR) is 83.0 cm³/mol. The Morgan fingerprint density at radius 3 is 2.54 bits per heavy atom. The number of amides is 1. The number of nitrogens with one attached hydrogen (secondary N) is 1. The fraction of sp³-hybridized carbons (Fsp3) is 0.250. The van der Waals surface area contributed by atoms with Gasteiger partial charge >= 0.3 is 12.1 Å². The monoisotopic (exact) mass is 357 g/mol. The van der Waals surface area contributed by atoms with Crippen LogP contribution >= 0.6 is 11.3 Å². The highest BCUT2D eigenvalue weighted by Gasteiger charge is 2.35. The Morgan fingerprint density at radius 2 is 1.88 bits per heavy atom. The average Bonchev–Trinajstić information content (AvgIpc) is 3.08. The molecule has 0 bridgehead atoms. The highest BCUT2D eigenvalue weighted by Crippen LogP contribution is 2.32. The maximum atomic E-state index is 12.8. The molecule has 1 amide bonds. The lowest BCUT2D eigenvalue weighted by Gasteiger charge is -2.12. The molecular weight excluding hydrogens is 343 g/mol. The fourth-order valence-corrected chi connectivity index (χ4v) is 2.56. The van der Waals surface area contributed by atoms with E-state index in [2.05, 4.69) is 5.32 Å². The molecule has 24 heavy (non-hydrogen) atoms. The van der Waals surface area contributed by atoms with E-state index < -0.39 is 23.3 Å². The van der Waals surface area contributed by atoms with Gasteiger partial charge in [-0.1, -0.05) is 18.2 Å². The number of ether oxygens (including phenoxy) is 1. The molecule has 0 atom stereocenters. The van der Waals surface area contributed by atoms with Crippen molar-refractivity contribution in [3.63, 3.8) is 0 Å². The van der Waals surface area contributed by atoms with Gasteiger partial charge in [0, 0.05) is 6.54 Å². The van der Waals surface area contributed by atoms with E-state index in [9.17, 15) is 22.8 Å². The molecular formula is C16H14F3NO3S. The quantitative estimate of drug-likeness (QED) is 0.633. The van der Waals surface area contributed by atoms with Gasteiger partial charge in [0.05, 0.1) is 22.6 Å². The standard InChI is InChI=1S/C16H14F3NO3S/c17-16(18,19)12-6-2-1-5-11(12)15(22)23-9-4-8-20-14(21)13-7-3-10-24-13/h1-3,5-7,10H,4,8-9H2,(H,20,21). The largest absolute Gasteiger partial charge is 0.462 e. The van der Waals surface area contributed by atoms with Crippen molar-refractivity contribution in [1.82, 2.24) is 5.32 Å². The fourth-order valence-electron chi connectivity index (χ4n) is 1.92. The smallest absolute Gasteiger partial charge is 0.417 e. The first-order chi connectivity index (χ1) is 11.4. The zero-order valence-corrected chi connectivity index (χ0v) is 13.2. The first-order valence-corrected chi connectivity index (χ1v) is 7.92. The van der Waals surface area contributed by atoms with Gasteiger partial charge in [0.25, 0.3) is 5.91 Å². The number of carbonyl (C=O) groups excluding carboxylic acids is 2. The van der Waals surface area contributed by atoms with Crippen molar-refractivity contribution >= 4 is 23.2 Å². The van der Waals surface area contributed by atoms with Crippen LogP contribution in [-0.4, -0.2) is 25.0 Å². The average molecular weight is 357 g/mol. The van der Waals surface area contributed by atoms with E-state index in [-0.39, 0.29) is 19.1 Å². The number of halogens is 3. The lowest BCUT2D eigenvalue weighted by Crippen LogP contribution is -2.25. The van der Waals surface area contributed by atoms with Crippen LogP contribution in [0.1, 0.15) is 32.0 Å². The summed E-state index contributed by atoms with van der Waals surface area (Å²) in [5.41, 5.74) is -1.55. The first-order valence-electron chi connectivity index (χ1n) is 7.04. The van der Waals surface area contributed by atoms with Gasteiger partial charge in [-0.25, -0.2) is 4.79 Å². The summed E-state index contributed by atoms with van der Waals surface area (Å²) in [5.74, 6) is -1.27. The third kappa shape index (κ3) is 4.82. The lowest BCUT2D eigenvalue weighted by molar-refractivity contribution is -0.138. The first kappa shape index (κ1) is 18.0. The van der Waals surface area contributed by atoms with Crippen molar-refractivity contribution in [1.29, 1.82) is 0 Å². The van der Waals surface area contributed by atoms with Crippen LogP contribution in [0.5, 0.6) is 0 Å². The second-order valence-corrected chi connectivity index (χ2v) is 5.71. The summed E-state index contributed by atoms with van der Waals surface area (Å²) in [6.45, 7) is 0.167. The van der Waals surface area contributed by atoms with Crippen LogP contribution < -0.4 is 5.32 Å². The van der Waals surface area contributed by atoms with Crippen molar-refractivity contribution in [2.24, 2.45) is 0 Å². The van der Waals surface area contributed by atoms with Crippen LogP contribution in [0.25, 0.3) is 0 Å². The van der Waals surface area contributed by atoms with Gasteiger partial charge in [-0.2, -0.15) is 13.2 Å². The van der Waals surface area contributed by atoms with Gasteiger partial charge in [-0.05, 0) is 30.0 Å². The third-order valence-electron chi connectivity index (χ3n) is 3.04. The molecule has 8 heteroatoms. The van der Waals surface area contributed by atoms with Crippen molar-refractivity contribution in [3.8, 4) is 0 Å². The normalized spacial score (nSPS) is 11.1. The highest BCUT2D eigenvalue weighted by atomic mass is 32.1. The van der Waals surface area contributed by atoms with E-state index in [1.54, 1.807) is 17.5 Å². The zero-order chi connectivity index (χ0) is 17.6. The van der Waals surface area contributed by atoms with Crippen LogP contribution in [0.4, 0.5) is 13.2 Å². The molecule has 4 nitrogen and oxygen atoms in total. The lowest BCUT2D eigenvalue weighted by atomic mass is 10.1. The summed E-state index contributed by atoms with van der Waals surface area (Å²) in [4.78, 5) is 24.0. The van der Waals surface area contributed by atoms with Crippen molar-refractivity contribution < 1.29 is 27.5 Å². The Balaban J connectivity index is 1.79. The Bertz CT molecular complexity index is 699. The van der Waals surface area contributed by atoms with Gasteiger partial charge < -0.3 is 10.1 Å². The summed E-state index contributed by atoms with van der Waals surface area (Å²) in [6, 6.07) is 7.88. The maximum absolute atomic E-state index is 12.8. The molecule has 128 valence electrons. The van der Waals surface area contributed by atoms with Gasteiger partial charge in [0.15, 0.2) is 0 Å². The molecule has 0 aliphatic heterocycles. The topological polar surface area (TPSA) is 55.4 Å². The third-order valence-corrected chi connectivity index (χ3v) is 3.91. The number of esters is 1. The van der Waals surface area contributed by atoms with E-state index in [1.165, 1.54) is 23.5 Å². The van der Waals surface area contributed by atoms with Gasteiger partial charge in [0.1, 0.15) is 0 Å². The highest BCUT2D eigenvalue weighted by molar-refractivity contribution is 7.12. The van der Waals surface area contributed by atoms with Crippen LogP contribution in [0.3, 0.4) is 0 Å². The Morgan fingerprint density at radius 1 is 1.12 bits per heavy atom. The van der Waals surface area contributed by atoms with Crippen molar-refractivity contribution in [2.45, 2.75) is 12.6 Å². The van der Waals surface area contributed by atoms with E-state index in [0.717, 1.165) is 12.1 Å². The maximum Gasteiger partial charge on any atom is 0.417 e. The number of benzene rings is 1. The molecule has 1 heterocycles. The second kappa shape index (κ2) is 7.96. The molecule has 0 unspecified atom stereocenters. The molecule has 0 saturated heterocycles. The summed E-state index contributed by atoms with van der Waals surface area (Å²) in [5, 5.41) is 4.41. The molecule has 1 N–H and O–H groups in total. The Labute approximate surface area is 140 Å². The van der Waals surface area contributed by atoms with Gasteiger partial charge in [0.2, 0.25) is 0 Å². The van der Waals surface area contributed by atoms with E-state index in [1.807, 2.05) is 0 Å². The molecule has 0 saturated carbocycles. The molecule has 1 aromatic heterocycles. The van der Waals surface area contributed by atoms with E-state index in [4.69, 9.17) is 4.74 Å². The molecule has 0 aliphatic carbocycles. The van der Waals surface area contributed by atoms with Crippen molar-refractivity contribution in [3.05, 3.63) is 57.8 Å².